The molecule has 0 aliphatic rings. The Morgan fingerprint density at radius 1 is 0.250 bits per heavy atom. The van der Waals surface area contributed by atoms with E-state index in [1.807, 2.05) is 0 Å². The number of carbonyl (C=O) groups excluding carboxylic acids is 4. The van der Waals surface area contributed by atoms with E-state index in [2.05, 4.69) is 48.5 Å². The number of aliphatic hydroxyl groups excluding tert-OH is 1. The van der Waals surface area contributed by atoms with Crippen LogP contribution in [0.15, 0.2) is 0 Å². The number of esters is 4. The van der Waals surface area contributed by atoms with Gasteiger partial charge in [0.1, 0.15) is 19.3 Å². The van der Waals surface area contributed by atoms with E-state index in [9.17, 15) is 43.2 Å². The Morgan fingerprint density at radius 2 is 0.426 bits per heavy atom. The zero-order valence-corrected chi connectivity index (χ0v) is 73.1. The van der Waals surface area contributed by atoms with Crippen LogP contribution in [0, 0.1) is 17.8 Å². The molecule has 0 heterocycles. The third kappa shape index (κ3) is 82.1. The van der Waals surface area contributed by atoms with Gasteiger partial charge in [-0.2, -0.15) is 0 Å². The third-order valence-corrected chi connectivity index (χ3v) is 22.8. The summed E-state index contributed by atoms with van der Waals surface area (Å²) in [5.74, 6) is 0.190. The van der Waals surface area contributed by atoms with Gasteiger partial charge in [0, 0.05) is 25.7 Å². The number of hydrogen-bond donors (Lipinski definition) is 3. The number of phosphoric ester groups is 2. The van der Waals surface area contributed by atoms with E-state index in [1.54, 1.807) is 0 Å². The van der Waals surface area contributed by atoms with Crippen molar-refractivity contribution in [3.05, 3.63) is 0 Å². The number of phosphoric acid groups is 2. The molecule has 0 rings (SSSR count). The molecule has 0 aliphatic heterocycles. The summed E-state index contributed by atoms with van der Waals surface area (Å²) >= 11 is 0. The van der Waals surface area contributed by atoms with Gasteiger partial charge in [0.2, 0.25) is 0 Å². The van der Waals surface area contributed by atoms with Crippen molar-refractivity contribution >= 4 is 39.5 Å². The van der Waals surface area contributed by atoms with Crippen molar-refractivity contribution < 1.29 is 80.2 Å². The SMILES string of the molecule is CCCCCCCCCCCCCCCCCCCCCCCC(=O)OC[C@H](COP(=O)(O)OC[C@@H](O)COP(=O)(O)OC[C@@H](COC(=O)CCCCCCCCC(C)C)OC(=O)CCCCCCCCCCCCCCCCC(C)C)OC(=O)CCCCCCCCCCCCCCCCCCCCC(C)C. The zero-order chi connectivity index (χ0) is 79.3. The number of unbranched alkanes of at least 4 members (excludes halogenated alkanes) is 55. The Labute approximate surface area is 664 Å². The minimum atomic E-state index is -4.97. The lowest BCUT2D eigenvalue weighted by Crippen LogP contribution is -2.30. The summed E-state index contributed by atoms with van der Waals surface area (Å²) in [7, 11) is -9.93. The molecule has 642 valence electrons. The van der Waals surface area contributed by atoms with E-state index < -0.39 is 97.5 Å². The van der Waals surface area contributed by atoms with Crippen LogP contribution in [0.1, 0.15) is 472 Å². The molecule has 0 saturated carbocycles. The molecule has 108 heavy (non-hydrogen) atoms. The predicted molar refractivity (Wildman–Crippen MR) is 446 cm³/mol. The van der Waals surface area contributed by atoms with Gasteiger partial charge >= 0.3 is 39.5 Å². The first-order valence-electron chi connectivity index (χ1n) is 45.8. The molecule has 0 radical (unpaired) electrons. The van der Waals surface area contributed by atoms with E-state index in [0.717, 1.165) is 108 Å². The molecule has 0 saturated heterocycles. The second kappa shape index (κ2) is 78.9. The lowest BCUT2D eigenvalue weighted by atomic mass is 10.0. The third-order valence-electron chi connectivity index (χ3n) is 20.9. The molecular weight excluding hydrogens is 1400 g/mol. The molecule has 0 spiro atoms. The monoisotopic (exact) mass is 1580 g/mol. The molecule has 3 N–H and O–H groups in total. The van der Waals surface area contributed by atoms with Gasteiger partial charge in [-0.25, -0.2) is 9.13 Å². The van der Waals surface area contributed by atoms with E-state index in [-0.39, 0.29) is 25.7 Å². The van der Waals surface area contributed by atoms with Crippen LogP contribution in [-0.2, 0) is 65.4 Å². The normalized spacial score (nSPS) is 13.8. The molecule has 0 amide bonds. The van der Waals surface area contributed by atoms with Gasteiger partial charge in [-0.15, -0.1) is 0 Å². The molecule has 0 aliphatic carbocycles. The van der Waals surface area contributed by atoms with Crippen LogP contribution in [0.5, 0.6) is 0 Å². The Bertz CT molecular complexity index is 2080. The highest BCUT2D eigenvalue weighted by Crippen LogP contribution is 2.45. The molecule has 0 bridgehead atoms. The first kappa shape index (κ1) is 106. The molecule has 0 aromatic carbocycles. The smallest absolute Gasteiger partial charge is 0.462 e. The summed E-state index contributed by atoms with van der Waals surface area (Å²) in [6, 6.07) is 0. The van der Waals surface area contributed by atoms with Crippen LogP contribution < -0.4 is 0 Å². The summed E-state index contributed by atoms with van der Waals surface area (Å²) in [6.45, 7) is 12.0. The van der Waals surface area contributed by atoms with Gasteiger partial charge in [0.05, 0.1) is 26.4 Å². The maximum absolute atomic E-state index is 13.2. The summed E-state index contributed by atoms with van der Waals surface area (Å²) < 4.78 is 68.9. The molecule has 5 atom stereocenters. The van der Waals surface area contributed by atoms with Crippen LogP contribution in [0.2, 0.25) is 0 Å². The van der Waals surface area contributed by atoms with Crippen molar-refractivity contribution in [1.29, 1.82) is 0 Å². The van der Waals surface area contributed by atoms with Crippen molar-refractivity contribution in [2.45, 2.75) is 491 Å². The summed E-state index contributed by atoms with van der Waals surface area (Å²) in [4.78, 5) is 73.3. The molecular formula is C89H174O17P2. The highest BCUT2D eigenvalue weighted by atomic mass is 31.2. The van der Waals surface area contributed by atoms with Crippen molar-refractivity contribution in [1.82, 2.24) is 0 Å². The predicted octanol–water partition coefficient (Wildman–Crippen LogP) is 27.3. The molecule has 17 nitrogen and oxygen atoms in total. The molecule has 0 aromatic rings. The van der Waals surface area contributed by atoms with Crippen molar-refractivity contribution in [2.75, 3.05) is 39.6 Å². The molecule has 0 aromatic heterocycles. The van der Waals surface area contributed by atoms with Crippen LogP contribution >= 0.6 is 15.6 Å². The summed E-state index contributed by atoms with van der Waals surface area (Å²) in [5, 5.41) is 10.7. The van der Waals surface area contributed by atoms with Crippen LogP contribution in [0.4, 0.5) is 0 Å². The van der Waals surface area contributed by atoms with E-state index in [1.165, 1.54) is 276 Å². The topological polar surface area (TPSA) is 237 Å². The second-order valence-corrected chi connectivity index (χ2v) is 36.3. The maximum atomic E-state index is 13.2. The quantitative estimate of drug-likeness (QED) is 0.0222. The number of carbonyl (C=O) groups is 4. The Kier molecular flexibility index (Phi) is 77.5. The van der Waals surface area contributed by atoms with Gasteiger partial charge < -0.3 is 33.8 Å². The van der Waals surface area contributed by atoms with Gasteiger partial charge in [0.25, 0.3) is 0 Å². The van der Waals surface area contributed by atoms with E-state index >= 15 is 0 Å². The summed E-state index contributed by atoms with van der Waals surface area (Å²) in [5.41, 5.74) is 0. The van der Waals surface area contributed by atoms with Crippen LogP contribution in [0.25, 0.3) is 0 Å². The first-order valence-corrected chi connectivity index (χ1v) is 48.8. The van der Waals surface area contributed by atoms with Crippen molar-refractivity contribution in [3.8, 4) is 0 Å². The minimum Gasteiger partial charge on any atom is -0.462 e. The summed E-state index contributed by atoms with van der Waals surface area (Å²) in [6.07, 6.45) is 71.2. The zero-order valence-electron chi connectivity index (χ0n) is 71.3. The fourth-order valence-electron chi connectivity index (χ4n) is 13.9. The van der Waals surface area contributed by atoms with Gasteiger partial charge in [-0.05, 0) is 43.4 Å². The lowest BCUT2D eigenvalue weighted by molar-refractivity contribution is -0.161. The first-order chi connectivity index (χ1) is 52.2. The fraction of sp³-hybridized carbons (Fsp3) is 0.955. The van der Waals surface area contributed by atoms with Crippen molar-refractivity contribution in [3.63, 3.8) is 0 Å². The van der Waals surface area contributed by atoms with Gasteiger partial charge in [0.15, 0.2) is 12.2 Å². The minimum absolute atomic E-state index is 0.107. The lowest BCUT2D eigenvalue weighted by Gasteiger charge is -2.21. The standard InChI is InChI=1S/C89H174O17P2/c1-8-9-10-11-12-13-14-15-16-17-18-19-20-24-27-33-38-43-48-56-63-70-86(91)99-76-84(105-88(93)72-65-58-49-44-39-34-28-25-22-21-23-26-31-36-41-46-53-60-67-80(2)3)78-103-107(95,96)101-74-83(90)75-102-108(97,98)104-79-85(77-100-87(92)71-64-57-52-51-55-62-69-82(6)7)106-89(94)73-66-59-50-45-40-35-30-29-32-37-42-47-54-61-68-81(4)5/h80-85,90H,8-79H2,1-7H3,(H,95,96)(H,97,98)/t83-,84-,85-/m1/s1. The van der Waals surface area contributed by atoms with Crippen molar-refractivity contribution in [2.24, 2.45) is 17.8 Å². The van der Waals surface area contributed by atoms with Crippen LogP contribution in [-0.4, -0.2) is 96.7 Å². The maximum Gasteiger partial charge on any atom is 0.472 e. The largest absolute Gasteiger partial charge is 0.472 e. The number of hydrogen-bond acceptors (Lipinski definition) is 15. The highest BCUT2D eigenvalue weighted by Gasteiger charge is 2.31. The average Bonchev–Trinajstić information content (AvgIpc) is 0.901. The number of aliphatic hydroxyl groups is 1. The fourth-order valence-corrected chi connectivity index (χ4v) is 15.5. The van der Waals surface area contributed by atoms with E-state index in [4.69, 9.17) is 37.0 Å². The average molecular weight is 1580 g/mol. The van der Waals surface area contributed by atoms with Crippen LogP contribution in [0.3, 0.4) is 0 Å². The van der Waals surface area contributed by atoms with E-state index in [0.29, 0.717) is 31.6 Å². The molecule has 2 unspecified atom stereocenters. The van der Waals surface area contributed by atoms with Gasteiger partial charge in [-0.3, -0.25) is 37.3 Å². The molecule has 19 heteroatoms. The Balaban J connectivity index is 5.20. The Hall–Kier alpha value is -1.94. The number of ether oxygens (including phenoxy) is 4. The second-order valence-electron chi connectivity index (χ2n) is 33.4. The highest BCUT2D eigenvalue weighted by molar-refractivity contribution is 7.47. The van der Waals surface area contributed by atoms with Gasteiger partial charge in [-0.1, -0.05) is 421 Å². The Morgan fingerprint density at radius 3 is 0.630 bits per heavy atom. The molecule has 0 fully saturated rings. The number of rotatable bonds is 87.